The quantitative estimate of drug-likeness (QED) is 0.825. The SMILES string of the molecule is CN(CC(N)c1cnn(C)c1)CC1CCCN1C. The minimum absolute atomic E-state index is 0.0513. The zero-order chi connectivity index (χ0) is 13.1. The van der Waals surface area contributed by atoms with Crippen molar-refractivity contribution in [2.24, 2.45) is 12.8 Å². The fourth-order valence-corrected chi connectivity index (χ4v) is 2.72. The van der Waals surface area contributed by atoms with Crippen LogP contribution in [0.4, 0.5) is 0 Å². The lowest BCUT2D eigenvalue weighted by Crippen LogP contribution is -2.39. The van der Waals surface area contributed by atoms with E-state index in [2.05, 4.69) is 29.0 Å². The average molecular weight is 251 g/mol. The van der Waals surface area contributed by atoms with Crippen LogP contribution in [0.25, 0.3) is 0 Å². The lowest BCUT2D eigenvalue weighted by molar-refractivity contribution is 0.213. The molecule has 0 spiro atoms. The fraction of sp³-hybridized carbons (Fsp3) is 0.769. The first-order chi connectivity index (χ1) is 8.56. The molecule has 5 heteroatoms. The van der Waals surface area contributed by atoms with Gasteiger partial charge in [-0.05, 0) is 33.5 Å². The predicted molar refractivity (Wildman–Crippen MR) is 73.3 cm³/mol. The number of likely N-dealkylation sites (N-methyl/N-ethyl adjacent to an activating group) is 2. The molecule has 0 saturated carbocycles. The molecule has 0 bridgehead atoms. The van der Waals surface area contributed by atoms with E-state index in [1.165, 1.54) is 19.4 Å². The largest absolute Gasteiger partial charge is 0.323 e. The van der Waals surface area contributed by atoms with Crippen LogP contribution in [0.15, 0.2) is 12.4 Å². The second-order valence-electron chi connectivity index (χ2n) is 5.55. The standard InChI is InChI=1S/C13H25N5/c1-16(9-12-5-4-6-17(12)2)10-13(14)11-7-15-18(3)8-11/h7-8,12-13H,4-6,9-10,14H2,1-3H3. The van der Waals surface area contributed by atoms with Gasteiger partial charge in [0.05, 0.1) is 6.20 Å². The van der Waals surface area contributed by atoms with Gasteiger partial charge in [-0.2, -0.15) is 5.10 Å². The Morgan fingerprint density at radius 2 is 2.33 bits per heavy atom. The summed E-state index contributed by atoms with van der Waals surface area (Å²) in [5.74, 6) is 0. The molecule has 2 heterocycles. The molecule has 0 aromatic carbocycles. The van der Waals surface area contributed by atoms with Gasteiger partial charge in [-0.1, -0.05) is 0 Å². The van der Waals surface area contributed by atoms with Crippen molar-refractivity contribution in [2.45, 2.75) is 24.9 Å². The molecule has 1 aromatic rings. The first-order valence-electron chi connectivity index (χ1n) is 6.69. The van der Waals surface area contributed by atoms with Gasteiger partial charge in [0.25, 0.3) is 0 Å². The van der Waals surface area contributed by atoms with Crippen molar-refractivity contribution in [3.63, 3.8) is 0 Å². The smallest absolute Gasteiger partial charge is 0.0537 e. The van der Waals surface area contributed by atoms with E-state index < -0.39 is 0 Å². The maximum Gasteiger partial charge on any atom is 0.0537 e. The number of aromatic nitrogens is 2. The normalized spacial score (nSPS) is 22.8. The highest BCUT2D eigenvalue weighted by molar-refractivity contribution is 5.09. The van der Waals surface area contributed by atoms with Crippen molar-refractivity contribution in [1.29, 1.82) is 0 Å². The Morgan fingerprint density at radius 1 is 1.56 bits per heavy atom. The molecule has 0 amide bonds. The zero-order valence-corrected chi connectivity index (χ0v) is 11.7. The van der Waals surface area contributed by atoms with Crippen molar-refractivity contribution < 1.29 is 0 Å². The third-order valence-electron chi connectivity index (χ3n) is 3.86. The molecule has 2 atom stereocenters. The van der Waals surface area contributed by atoms with E-state index in [1.807, 2.05) is 19.4 Å². The second-order valence-corrected chi connectivity index (χ2v) is 5.55. The predicted octanol–water partition coefficient (Wildman–Crippen LogP) is 0.446. The van der Waals surface area contributed by atoms with Gasteiger partial charge in [-0.25, -0.2) is 0 Å². The number of aryl methyl sites for hydroxylation is 1. The molecule has 0 aliphatic carbocycles. The second kappa shape index (κ2) is 5.82. The number of hydrogen-bond donors (Lipinski definition) is 1. The maximum absolute atomic E-state index is 6.21. The van der Waals surface area contributed by atoms with Gasteiger partial charge < -0.3 is 15.5 Å². The minimum atomic E-state index is 0.0513. The van der Waals surface area contributed by atoms with Gasteiger partial charge in [0.2, 0.25) is 0 Å². The van der Waals surface area contributed by atoms with Crippen LogP contribution in [-0.4, -0.2) is 59.4 Å². The summed E-state index contributed by atoms with van der Waals surface area (Å²) in [5, 5.41) is 4.17. The van der Waals surface area contributed by atoms with Crippen LogP contribution < -0.4 is 5.73 Å². The van der Waals surface area contributed by atoms with Crippen LogP contribution in [0.2, 0.25) is 0 Å². The number of likely N-dealkylation sites (tertiary alicyclic amines) is 1. The van der Waals surface area contributed by atoms with Crippen molar-refractivity contribution in [3.05, 3.63) is 18.0 Å². The maximum atomic E-state index is 6.21. The molecule has 1 fully saturated rings. The fourth-order valence-electron chi connectivity index (χ4n) is 2.72. The van der Waals surface area contributed by atoms with Gasteiger partial charge >= 0.3 is 0 Å². The van der Waals surface area contributed by atoms with Crippen molar-refractivity contribution >= 4 is 0 Å². The van der Waals surface area contributed by atoms with E-state index >= 15 is 0 Å². The molecular weight excluding hydrogens is 226 g/mol. The van der Waals surface area contributed by atoms with E-state index in [0.717, 1.165) is 18.7 Å². The molecule has 102 valence electrons. The zero-order valence-electron chi connectivity index (χ0n) is 11.7. The summed E-state index contributed by atoms with van der Waals surface area (Å²) >= 11 is 0. The summed E-state index contributed by atoms with van der Waals surface area (Å²) < 4.78 is 1.81. The van der Waals surface area contributed by atoms with E-state index in [4.69, 9.17) is 5.73 Å². The highest BCUT2D eigenvalue weighted by Gasteiger charge is 2.22. The number of rotatable bonds is 5. The molecule has 1 saturated heterocycles. The number of hydrogen-bond acceptors (Lipinski definition) is 4. The third kappa shape index (κ3) is 3.31. The Kier molecular flexibility index (Phi) is 4.37. The van der Waals surface area contributed by atoms with Crippen LogP contribution >= 0.6 is 0 Å². The summed E-state index contributed by atoms with van der Waals surface area (Å²) in [4.78, 5) is 4.79. The first kappa shape index (κ1) is 13.5. The number of nitrogens with zero attached hydrogens (tertiary/aromatic N) is 4. The molecule has 1 aromatic heterocycles. The molecule has 18 heavy (non-hydrogen) atoms. The van der Waals surface area contributed by atoms with Crippen LogP contribution in [0, 0.1) is 0 Å². The lowest BCUT2D eigenvalue weighted by Gasteiger charge is -2.27. The van der Waals surface area contributed by atoms with E-state index in [-0.39, 0.29) is 6.04 Å². The van der Waals surface area contributed by atoms with E-state index in [0.29, 0.717) is 6.04 Å². The highest BCUT2D eigenvalue weighted by atomic mass is 15.2. The Morgan fingerprint density at radius 3 is 2.89 bits per heavy atom. The molecule has 2 unspecified atom stereocenters. The molecule has 1 aliphatic heterocycles. The van der Waals surface area contributed by atoms with Gasteiger partial charge in [-0.15, -0.1) is 0 Å². The summed E-state index contributed by atoms with van der Waals surface area (Å²) in [7, 11) is 6.29. The summed E-state index contributed by atoms with van der Waals surface area (Å²) in [5.41, 5.74) is 7.32. The Hall–Kier alpha value is -0.910. The Balaban J connectivity index is 1.81. The average Bonchev–Trinajstić information content (AvgIpc) is 2.89. The summed E-state index contributed by atoms with van der Waals surface area (Å²) in [6.45, 7) is 3.22. The van der Waals surface area contributed by atoms with Gasteiger partial charge in [0, 0.05) is 44.0 Å². The van der Waals surface area contributed by atoms with E-state index in [1.54, 1.807) is 4.68 Å². The summed E-state index contributed by atoms with van der Waals surface area (Å²) in [6.07, 6.45) is 6.49. The van der Waals surface area contributed by atoms with E-state index in [9.17, 15) is 0 Å². The van der Waals surface area contributed by atoms with Gasteiger partial charge in [0.1, 0.15) is 0 Å². The van der Waals surface area contributed by atoms with Gasteiger partial charge in [0.15, 0.2) is 0 Å². The lowest BCUT2D eigenvalue weighted by atomic mass is 10.1. The van der Waals surface area contributed by atoms with Crippen molar-refractivity contribution in [1.82, 2.24) is 19.6 Å². The molecule has 5 nitrogen and oxygen atoms in total. The monoisotopic (exact) mass is 251 g/mol. The molecule has 1 aliphatic rings. The van der Waals surface area contributed by atoms with Crippen LogP contribution in [0.5, 0.6) is 0 Å². The topological polar surface area (TPSA) is 50.3 Å². The third-order valence-corrected chi connectivity index (χ3v) is 3.86. The van der Waals surface area contributed by atoms with Crippen LogP contribution in [0.3, 0.4) is 0 Å². The summed E-state index contributed by atoms with van der Waals surface area (Å²) in [6, 6.07) is 0.742. The Labute approximate surface area is 110 Å². The molecule has 0 radical (unpaired) electrons. The minimum Gasteiger partial charge on any atom is -0.323 e. The number of nitrogens with two attached hydrogens (primary N) is 1. The molecule has 2 rings (SSSR count). The highest BCUT2D eigenvalue weighted by Crippen LogP contribution is 2.16. The molecule has 2 N–H and O–H groups in total. The first-order valence-corrected chi connectivity index (χ1v) is 6.69. The molecular formula is C13H25N5. The van der Waals surface area contributed by atoms with Crippen molar-refractivity contribution in [2.75, 3.05) is 33.7 Å². The Bertz CT molecular complexity index is 375. The van der Waals surface area contributed by atoms with Crippen molar-refractivity contribution in [3.8, 4) is 0 Å². The van der Waals surface area contributed by atoms with Gasteiger partial charge in [-0.3, -0.25) is 4.68 Å². The van der Waals surface area contributed by atoms with Crippen LogP contribution in [0.1, 0.15) is 24.4 Å². The van der Waals surface area contributed by atoms with Crippen LogP contribution in [-0.2, 0) is 7.05 Å².